The predicted octanol–water partition coefficient (Wildman–Crippen LogP) is -0.100. The minimum Gasteiger partial charge on any atom is -0.460 e. The van der Waals surface area contributed by atoms with Gasteiger partial charge in [0.05, 0.1) is 6.61 Å². The van der Waals surface area contributed by atoms with E-state index in [1.54, 1.807) is 7.05 Å². The number of rotatable bonds is 8. The molecular weight excluding hydrogens is 232 g/mol. The Kier molecular flexibility index (Phi) is 7.01. The number of likely N-dealkylation sites (N-methyl/N-ethyl adjacent to an activating group) is 1. The van der Waals surface area contributed by atoms with E-state index in [1.807, 2.05) is 30.3 Å². The summed E-state index contributed by atoms with van der Waals surface area (Å²) < 4.78 is 5.21. The first kappa shape index (κ1) is 14.6. The van der Waals surface area contributed by atoms with Crippen molar-refractivity contribution in [2.45, 2.75) is 12.6 Å². The summed E-state index contributed by atoms with van der Waals surface area (Å²) >= 11 is 0. The normalized spacial score (nSPS) is 12.1. The van der Waals surface area contributed by atoms with E-state index in [9.17, 15) is 4.79 Å². The van der Waals surface area contributed by atoms with Crippen molar-refractivity contribution in [3.05, 3.63) is 35.9 Å². The summed E-state index contributed by atoms with van der Waals surface area (Å²) in [5, 5.41) is 14.5. The molecule has 1 atom stereocenters. The average Bonchev–Trinajstić information content (AvgIpc) is 2.42. The summed E-state index contributed by atoms with van der Waals surface area (Å²) in [7, 11) is 1.70. The standard InChI is InChI=1S/C13H20N2O3/c1-14-12(9-15-7-8-16)13(17)18-10-11-5-3-2-4-6-11/h2-6,12,14-16H,7-10H2,1H3. The van der Waals surface area contributed by atoms with Crippen molar-refractivity contribution in [1.82, 2.24) is 10.6 Å². The number of hydrogen-bond acceptors (Lipinski definition) is 5. The highest BCUT2D eigenvalue weighted by Crippen LogP contribution is 2.01. The monoisotopic (exact) mass is 252 g/mol. The first-order valence-electron chi connectivity index (χ1n) is 5.97. The molecule has 0 aliphatic carbocycles. The summed E-state index contributed by atoms with van der Waals surface area (Å²) in [5.74, 6) is -0.299. The number of carbonyl (C=O) groups excluding carboxylic acids is 1. The minimum absolute atomic E-state index is 0.0511. The maximum Gasteiger partial charge on any atom is 0.324 e. The average molecular weight is 252 g/mol. The number of aliphatic hydroxyl groups excluding tert-OH is 1. The lowest BCUT2D eigenvalue weighted by molar-refractivity contribution is -0.147. The molecule has 1 unspecified atom stereocenters. The van der Waals surface area contributed by atoms with Crippen LogP contribution in [0.4, 0.5) is 0 Å². The van der Waals surface area contributed by atoms with Gasteiger partial charge in [-0.3, -0.25) is 4.79 Å². The van der Waals surface area contributed by atoms with E-state index < -0.39 is 6.04 Å². The zero-order chi connectivity index (χ0) is 13.2. The summed E-state index contributed by atoms with van der Waals surface area (Å²) in [6.07, 6.45) is 0. The van der Waals surface area contributed by atoms with Crippen LogP contribution in [0.1, 0.15) is 5.56 Å². The molecule has 5 nitrogen and oxygen atoms in total. The van der Waals surface area contributed by atoms with Crippen LogP contribution in [0.3, 0.4) is 0 Å². The van der Waals surface area contributed by atoms with Crippen LogP contribution < -0.4 is 10.6 Å². The highest BCUT2D eigenvalue weighted by Gasteiger charge is 2.17. The molecule has 5 heteroatoms. The lowest BCUT2D eigenvalue weighted by Gasteiger charge is -2.15. The molecule has 100 valence electrons. The second-order valence-corrected chi connectivity index (χ2v) is 3.86. The van der Waals surface area contributed by atoms with Crippen LogP contribution in [0.25, 0.3) is 0 Å². The van der Waals surface area contributed by atoms with Crippen molar-refractivity contribution in [3.8, 4) is 0 Å². The maximum absolute atomic E-state index is 11.8. The fourth-order valence-electron chi connectivity index (χ4n) is 1.46. The molecule has 1 aromatic rings. The van der Waals surface area contributed by atoms with Crippen LogP contribution >= 0.6 is 0 Å². The van der Waals surface area contributed by atoms with Crippen molar-refractivity contribution in [3.63, 3.8) is 0 Å². The fraction of sp³-hybridized carbons (Fsp3) is 0.462. The number of esters is 1. The van der Waals surface area contributed by atoms with Gasteiger partial charge in [0.25, 0.3) is 0 Å². The third-order valence-electron chi connectivity index (χ3n) is 2.49. The van der Waals surface area contributed by atoms with Crippen LogP contribution in [-0.2, 0) is 16.1 Å². The fourth-order valence-corrected chi connectivity index (χ4v) is 1.46. The second kappa shape index (κ2) is 8.63. The number of aliphatic hydroxyl groups is 1. The van der Waals surface area contributed by atoms with E-state index in [1.165, 1.54) is 0 Å². The Hall–Kier alpha value is -1.43. The van der Waals surface area contributed by atoms with Crippen LogP contribution in [0.15, 0.2) is 30.3 Å². The van der Waals surface area contributed by atoms with Gasteiger partial charge < -0.3 is 20.5 Å². The largest absolute Gasteiger partial charge is 0.460 e. The van der Waals surface area contributed by atoms with Gasteiger partial charge in [-0.15, -0.1) is 0 Å². The van der Waals surface area contributed by atoms with Gasteiger partial charge in [-0.05, 0) is 12.6 Å². The molecule has 0 aliphatic rings. The molecule has 0 aliphatic heterocycles. The molecule has 0 amide bonds. The highest BCUT2D eigenvalue weighted by atomic mass is 16.5. The SMILES string of the molecule is CNC(CNCCO)C(=O)OCc1ccccc1. The van der Waals surface area contributed by atoms with E-state index in [-0.39, 0.29) is 19.2 Å². The Bertz CT molecular complexity index is 343. The lowest BCUT2D eigenvalue weighted by Crippen LogP contribution is -2.44. The van der Waals surface area contributed by atoms with Crippen LogP contribution in [0.5, 0.6) is 0 Å². The Morgan fingerprint density at radius 2 is 2.11 bits per heavy atom. The van der Waals surface area contributed by atoms with Gasteiger partial charge in [0.15, 0.2) is 0 Å². The van der Waals surface area contributed by atoms with Crippen LogP contribution in [0, 0.1) is 0 Å². The Balaban J connectivity index is 2.33. The molecular formula is C13H20N2O3. The summed E-state index contributed by atoms with van der Waals surface area (Å²) in [6, 6.07) is 9.14. The van der Waals surface area contributed by atoms with E-state index in [0.717, 1.165) is 5.56 Å². The highest BCUT2D eigenvalue weighted by molar-refractivity contribution is 5.76. The zero-order valence-electron chi connectivity index (χ0n) is 10.6. The number of carbonyl (C=O) groups is 1. The van der Waals surface area contributed by atoms with Crippen molar-refractivity contribution in [2.24, 2.45) is 0 Å². The van der Waals surface area contributed by atoms with Gasteiger partial charge in [-0.25, -0.2) is 0 Å². The molecule has 0 saturated carbocycles. The smallest absolute Gasteiger partial charge is 0.324 e. The predicted molar refractivity (Wildman–Crippen MR) is 69.0 cm³/mol. The first-order valence-corrected chi connectivity index (χ1v) is 5.97. The third kappa shape index (κ3) is 5.27. The zero-order valence-corrected chi connectivity index (χ0v) is 10.6. The van der Waals surface area contributed by atoms with Gasteiger partial charge in [-0.2, -0.15) is 0 Å². The molecule has 0 aromatic heterocycles. The van der Waals surface area contributed by atoms with Gasteiger partial charge in [0.1, 0.15) is 12.6 Å². The quantitative estimate of drug-likeness (QED) is 0.445. The molecule has 0 heterocycles. The van der Waals surface area contributed by atoms with E-state index >= 15 is 0 Å². The molecule has 18 heavy (non-hydrogen) atoms. The number of benzene rings is 1. The lowest BCUT2D eigenvalue weighted by atomic mass is 10.2. The van der Waals surface area contributed by atoms with Gasteiger partial charge in [-0.1, -0.05) is 30.3 Å². The van der Waals surface area contributed by atoms with Gasteiger partial charge in [0, 0.05) is 13.1 Å². The second-order valence-electron chi connectivity index (χ2n) is 3.86. The first-order chi connectivity index (χ1) is 8.77. The number of ether oxygens (including phenoxy) is 1. The Morgan fingerprint density at radius 1 is 1.39 bits per heavy atom. The topological polar surface area (TPSA) is 70.6 Å². The van der Waals surface area contributed by atoms with Crippen molar-refractivity contribution >= 4 is 5.97 Å². The molecule has 0 saturated heterocycles. The number of hydrogen-bond donors (Lipinski definition) is 3. The van der Waals surface area contributed by atoms with E-state index in [2.05, 4.69) is 10.6 Å². The summed E-state index contributed by atoms with van der Waals surface area (Å²) in [6.45, 7) is 1.22. The maximum atomic E-state index is 11.8. The Labute approximate surface area is 107 Å². The van der Waals surface area contributed by atoms with Gasteiger partial charge >= 0.3 is 5.97 Å². The van der Waals surface area contributed by atoms with Crippen LogP contribution in [-0.4, -0.2) is 43.9 Å². The molecule has 0 spiro atoms. The van der Waals surface area contributed by atoms with Crippen LogP contribution in [0.2, 0.25) is 0 Å². The number of nitrogens with one attached hydrogen (secondary N) is 2. The third-order valence-corrected chi connectivity index (χ3v) is 2.49. The van der Waals surface area contributed by atoms with Gasteiger partial charge in [0.2, 0.25) is 0 Å². The molecule has 0 bridgehead atoms. The molecule has 0 fully saturated rings. The van der Waals surface area contributed by atoms with Crippen molar-refractivity contribution in [1.29, 1.82) is 0 Å². The summed E-state index contributed by atoms with van der Waals surface area (Å²) in [5.41, 5.74) is 0.962. The van der Waals surface area contributed by atoms with Crippen molar-refractivity contribution in [2.75, 3.05) is 26.7 Å². The minimum atomic E-state index is -0.403. The summed E-state index contributed by atoms with van der Waals surface area (Å²) in [4.78, 5) is 11.8. The molecule has 1 rings (SSSR count). The van der Waals surface area contributed by atoms with E-state index in [0.29, 0.717) is 13.1 Å². The molecule has 0 radical (unpaired) electrons. The molecule has 1 aromatic carbocycles. The Morgan fingerprint density at radius 3 is 2.72 bits per heavy atom. The molecule has 3 N–H and O–H groups in total. The van der Waals surface area contributed by atoms with Crippen molar-refractivity contribution < 1.29 is 14.6 Å². The van der Waals surface area contributed by atoms with E-state index in [4.69, 9.17) is 9.84 Å².